The van der Waals surface area contributed by atoms with Gasteiger partial charge in [-0.15, -0.1) is 0 Å². The first kappa shape index (κ1) is 20.1. The van der Waals surface area contributed by atoms with E-state index in [-0.39, 0.29) is 11.7 Å². The van der Waals surface area contributed by atoms with Gasteiger partial charge in [-0.2, -0.15) is 0 Å². The molecule has 0 aromatic heterocycles. The van der Waals surface area contributed by atoms with Crippen molar-refractivity contribution in [3.05, 3.63) is 104 Å². The summed E-state index contributed by atoms with van der Waals surface area (Å²) in [6, 6.07) is 20.4. The highest BCUT2D eigenvalue weighted by molar-refractivity contribution is 6.30. The number of aliphatic hydroxyl groups is 1. The third kappa shape index (κ3) is 5.23. The zero-order chi connectivity index (χ0) is 20.1. The summed E-state index contributed by atoms with van der Waals surface area (Å²) in [4.78, 5) is 10.4. The fourth-order valence-corrected chi connectivity index (χ4v) is 3.15. The molecule has 2 atom stereocenters. The van der Waals surface area contributed by atoms with Crippen LogP contribution >= 0.6 is 23.2 Å². The second-order valence-electron chi connectivity index (χ2n) is 6.36. The van der Waals surface area contributed by atoms with Crippen LogP contribution in [0.1, 0.15) is 29.7 Å². The number of rotatable bonds is 7. The molecule has 0 fully saturated rings. The van der Waals surface area contributed by atoms with Crippen LogP contribution in [0.2, 0.25) is 10.0 Å². The van der Waals surface area contributed by atoms with Crippen LogP contribution in [0.15, 0.2) is 72.8 Å². The predicted molar refractivity (Wildman–Crippen MR) is 112 cm³/mol. The standard InChI is InChI=1S/C21H18Cl2N2O3/c22-16-5-1-14(2-6-16)20(13-21(26)15-3-7-17(23)8-4-15)24-18-9-11-19(12-10-18)25(27)28/h1-12,20-21,24,26H,13H2. The first-order chi connectivity index (χ1) is 13.4. The molecule has 0 amide bonds. The molecule has 28 heavy (non-hydrogen) atoms. The van der Waals surface area contributed by atoms with E-state index in [1.165, 1.54) is 12.1 Å². The molecule has 0 radical (unpaired) electrons. The number of halogens is 2. The smallest absolute Gasteiger partial charge is 0.269 e. The predicted octanol–water partition coefficient (Wildman–Crippen LogP) is 6.18. The Kier molecular flexibility index (Phi) is 6.52. The second-order valence-corrected chi connectivity index (χ2v) is 7.23. The molecular weight excluding hydrogens is 399 g/mol. The minimum atomic E-state index is -0.719. The van der Waals surface area contributed by atoms with Crippen molar-refractivity contribution < 1.29 is 10.0 Å². The molecule has 3 rings (SSSR count). The topological polar surface area (TPSA) is 75.4 Å². The highest BCUT2D eigenvalue weighted by Crippen LogP contribution is 2.31. The Labute approximate surface area is 172 Å². The summed E-state index contributed by atoms with van der Waals surface area (Å²) in [6.07, 6.45) is -0.330. The van der Waals surface area contributed by atoms with Crippen molar-refractivity contribution in [2.75, 3.05) is 5.32 Å². The largest absolute Gasteiger partial charge is 0.388 e. The average Bonchev–Trinajstić information content (AvgIpc) is 2.69. The van der Waals surface area contributed by atoms with E-state index in [0.717, 1.165) is 11.1 Å². The van der Waals surface area contributed by atoms with Crippen molar-refractivity contribution in [3.63, 3.8) is 0 Å². The Balaban J connectivity index is 1.83. The summed E-state index contributed by atoms with van der Waals surface area (Å²) in [5, 5.41) is 26.1. The highest BCUT2D eigenvalue weighted by Gasteiger charge is 2.18. The van der Waals surface area contributed by atoms with Gasteiger partial charge in [0.25, 0.3) is 5.69 Å². The number of benzene rings is 3. The average molecular weight is 417 g/mol. The van der Waals surface area contributed by atoms with Gasteiger partial charge in [0.2, 0.25) is 0 Å². The molecule has 0 heterocycles. The summed E-state index contributed by atoms with van der Waals surface area (Å²) < 4.78 is 0. The third-order valence-corrected chi connectivity index (χ3v) is 4.91. The van der Waals surface area contributed by atoms with Crippen LogP contribution in [0.25, 0.3) is 0 Å². The number of nitrogens with one attached hydrogen (secondary N) is 1. The zero-order valence-corrected chi connectivity index (χ0v) is 16.3. The third-order valence-electron chi connectivity index (χ3n) is 4.41. The maximum Gasteiger partial charge on any atom is 0.269 e. The number of hydrogen-bond acceptors (Lipinski definition) is 4. The fourth-order valence-electron chi connectivity index (χ4n) is 2.90. The van der Waals surface area contributed by atoms with Gasteiger partial charge in [0, 0.05) is 34.3 Å². The molecule has 3 aromatic carbocycles. The van der Waals surface area contributed by atoms with Crippen LogP contribution < -0.4 is 5.32 Å². The van der Waals surface area contributed by atoms with Crippen LogP contribution in [0, 0.1) is 10.1 Å². The number of nitrogens with zero attached hydrogens (tertiary/aromatic N) is 1. The van der Waals surface area contributed by atoms with Crippen LogP contribution in [0.3, 0.4) is 0 Å². The lowest BCUT2D eigenvalue weighted by Gasteiger charge is -2.23. The molecular formula is C21H18Cl2N2O3. The fraction of sp³-hybridized carbons (Fsp3) is 0.143. The van der Waals surface area contributed by atoms with E-state index in [2.05, 4.69) is 5.32 Å². The van der Waals surface area contributed by atoms with Crippen LogP contribution in [0.4, 0.5) is 11.4 Å². The lowest BCUT2D eigenvalue weighted by atomic mass is 9.96. The molecule has 3 aromatic rings. The first-order valence-electron chi connectivity index (χ1n) is 8.62. The lowest BCUT2D eigenvalue weighted by molar-refractivity contribution is -0.384. The van der Waals surface area contributed by atoms with Crippen molar-refractivity contribution in [1.82, 2.24) is 0 Å². The molecule has 5 nitrogen and oxygen atoms in total. The van der Waals surface area contributed by atoms with Gasteiger partial charge in [-0.25, -0.2) is 0 Å². The van der Waals surface area contributed by atoms with Crippen molar-refractivity contribution in [2.24, 2.45) is 0 Å². The number of nitro benzene ring substituents is 1. The molecule has 144 valence electrons. The first-order valence-corrected chi connectivity index (χ1v) is 9.38. The summed E-state index contributed by atoms with van der Waals surface area (Å²) in [7, 11) is 0. The van der Waals surface area contributed by atoms with Crippen molar-refractivity contribution >= 4 is 34.6 Å². The Morgan fingerprint density at radius 1 is 0.857 bits per heavy atom. The molecule has 2 unspecified atom stereocenters. The zero-order valence-electron chi connectivity index (χ0n) is 14.8. The molecule has 0 spiro atoms. The van der Waals surface area contributed by atoms with Crippen molar-refractivity contribution in [3.8, 4) is 0 Å². The normalized spacial score (nSPS) is 13.0. The quantitative estimate of drug-likeness (QED) is 0.356. The van der Waals surface area contributed by atoms with Crippen molar-refractivity contribution in [2.45, 2.75) is 18.6 Å². The van der Waals surface area contributed by atoms with Gasteiger partial charge < -0.3 is 10.4 Å². The molecule has 2 N–H and O–H groups in total. The minimum Gasteiger partial charge on any atom is -0.388 e. The van der Waals surface area contributed by atoms with Crippen LogP contribution in [0.5, 0.6) is 0 Å². The molecule has 0 aliphatic heterocycles. The Morgan fingerprint density at radius 3 is 1.86 bits per heavy atom. The Bertz CT molecular complexity index is 929. The van der Waals surface area contributed by atoms with E-state index in [9.17, 15) is 15.2 Å². The van der Waals surface area contributed by atoms with Crippen LogP contribution in [-0.4, -0.2) is 10.0 Å². The number of hydrogen-bond donors (Lipinski definition) is 2. The molecule has 0 bridgehead atoms. The van der Waals surface area contributed by atoms with Gasteiger partial charge >= 0.3 is 0 Å². The lowest BCUT2D eigenvalue weighted by Crippen LogP contribution is -2.15. The monoisotopic (exact) mass is 416 g/mol. The minimum absolute atomic E-state index is 0.0230. The second kappa shape index (κ2) is 9.06. The van der Waals surface area contributed by atoms with Crippen LogP contribution in [-0.2, 0) is 0 Å². The summed E-state index contributed by atoms with van der Waals surface area (Å²) in [5.74, 6) is 0. The number of non-ortho nitro benzene ring substituents is 1. The van der Waals surface area contributed by atoms with E-state index in [1.54, 1.807) is 48.5 Å². The molecule has 0 aliphatic carbocycles. The van der Waals surface area contributed by atoms with Gasteiger partial charge in [0.15, 0.2) is 0 Å². The van der Waals surface area contributed by atoms with E-state index in [1.807, 2.05) is 12.1 Å². The van der Waals surface area contributed by atoms with E-state index < -0.39 is 11.0 Å². The summed E-state index contributed by atoms with van der Waals surface area (Å²) in [5.41, 5.74) is 2.44. The van der Waals surface area contributed by atoms with E-state index >= 15 is 0 Å². The summed E-state index contributed by atoms with van der Waals surface area (Å²) in [6.45, 7) is 0. The number of aliphatic hydroxyl groups excluding tert-OH is 1. The maximum atomic E-state index is 10.8. The van der Waals surface area contributed by atoms with Gasteiger partial charge in [-0.05, 0) is 47.5 Å². The summed E-state index contributed by atoms with van der Waals surface area (Å²) >= 11 is 11.9. The van der Waals surface area contributed by atoms with Gasteiger partial charge in [0.05, 0.1) is 17.1 Å². The van der Waals surface area contributed by atoms with E-state index in [0.29, 0.717) is 22.2 Å². The molecule has 7 heteroatoms. The molecule has 0 saturated heterocycles. The number of nitro groups is 1. The molecule has 0 saturated carbocycles. The Hall–Kier alpha value is -2.60. The van der Waals surface area contributed by atoms with E-state index in [4.69, 9.17) is 23.2 Å². The van der Waals surface area contributed by atoms with Crippen molar-refractivity contribution in [1.29, 1.82) is 0 Å². The number of anilines is 1. The van der Waals surface area contributed by atoms with Gasteiger partial charge in [-0.1, -0.05) is 47.5 Å². The maximum absolute atomic E-state index is 10.8. The Morgan fingerprint density at radius 2 is 1.36 bits per heavy atom. The van der Waals surface area contributed by atoms with Gasteiger partial charge in [0.1, 0.15) is 0 Å². The van der Waals surface area contributed by atoms with Gasteiger partial charge in [-0.3, -0.25) is 10.1 Å². The SMILES string of the molecule is O=[N+]([O-])c1ccc(NC(CC(O)c2ccc(Cl)cc2)c2ccc(Cl)cc2)cc1. The molecule has 0 aliphatic rings. The highest BCUT2D eigenvalue weighted by atomic mass is 35.5.